The van der Waals surface area contributed by atoms with Crippen LogP contribution in [-0.4, -0.2) is 56.6 Å². The van der Waals surface area contributed by atoms with Gasteiger partial charge in [-0.1, -0.05) is 37.3 Å². The minimum Gasteiger partial charge on any atom is -0.508 e. The summed E-state index contributed by atoms with van der Waals surface area (Å²) in [6.07, 6.45) is 3.01. The number of aromatic nitrogens is 1. The van der Waals surface area contributed by atoms with E-state index in [0.29, 0.717) is 12.4 Å². The number of methoxy groups -OCH3 is 4. The van der Waals surface area contributed by atoms with Crippen molar-refractivity contribution < 1.29 is 28.4 Å². The topological polar surface area (TPSA) is 76.2 Å². The molecule has 5 aromatic rings. The lowest BCUT2D eigenvalue weighted by molar-refractivity contribution is 0.127. The number of H-pyrrole nitrogens is 1. The van der Waals surface area contributed by atoms with Crippen molar-refractivity contribution in [2.45, 2.75) is 44.9 Å². The first kappa shape index (κ1) is 34.0. The average molecular weight is 641 g/mol. The fourth-order valence-electron chi connectivity index (χ4n) is 6.51. The van der Waals surface area contributed by atoms with E-state index in [1.54, 1.807) is 52.7 Å². The molecule has 0 aliphatic carbocycles. The van der Waals surface area contributed by atoms with Crippen molar-refractivity contribution in [2.75, 3.05) is 41.6 Å². The van der Waals surface area contributed by atoms with Gasteiger partial charge >= 0.3 is 0 Å². The van der Waals surface area contributed by atoms with Gasteiger partial charge in [-0.15, -0.1) is 0 Å². The molecule has 0 radical (unpaired) electrons. The molecule has 3 heterocycles. The monoisotopic (exact) mass is 640 g/mol. The molecular weight excluding hydrogens is 595 g/mol. The highest BCUT2D eigenvalue weighted by Crippen LogP contribution is 2.48. The number of hydrogen-bond donors (Lipinski definition) is 2. The molecule has 0 spiro atoms. The molecule has 4 aromatic carbocycles. The molecule has 47 heavy (non-hydrogen) atoms. The predicted octanol–water partition coefficient (Wildman–Crippen LogP) is 8.15. The van der Waals surface area contributed by atoms with Crippen LogP contribution in [0.4, 0.5) is 4.39 Å². The molecule has 2 aliphatic heterocycles. The van der Waals surface area contributed by atoms with Crippen molar-refractivity contribution in [2.24, 2.45) is 0 Å². The lowest BCUT2D eigenvalue weighted by Gasteiger charge is -2.46. The Labute approximate surface area is 276 Å². The van der Waals surface area contributed by atoms with Crippen molar-refractivity contribution in [1.29, 1.82) is 0 Å². The smallest absolute Gasteiger partial charge is 0.123 e. The SMILES string of the molecule is CCCOC.COCc1ccc(O)cc1.COc1ccc2c(c1)C1Cc3c([nH]c4ccc(OC)cc34)C(c3ccc(F)cc3)N1CC2. The van der Waals surface area contributed by atoms with Gasteiger partial charge in [0.25, 0.3) is 0 Å². The van der Waals surface area contributed by atoms with Gasteiger partial charge in [0.05, 0.1) is 26.9 Å². The number of nitrogens with zero attached hydrogens (tertiary/aromatic N) is 1. The van der Waals surface area contributed by atoms with Crippen molar-refractivity contribution in [3.63, 3.8) is 0 Å². The number of aromatic hydroxyl groups is 1. The highest BCUT2D eigenvalue weighted by atomic mass is 19.1. The molecule has 0 saturated carbocycles. The van der Waals surface area contributed by atoms with Crippen LogP contribution in [-0.2, 0) is 28.9 Å². The van der Waals surface area contributed by atoms with Gasteiger partial charge in [-0.2, -0.15) is 0 Å². The number of phenolic OH excluding ortho intramolecular Hbond substituents is 1. The van der Waals surface area contributed by atoms with Crippen LogP contribution in [0, 0.1) is 5.82 Å². The third kappa shape index (κ3) is 7.79. The van der Waals surface area contributed by atoms with Crippen molar-refractivity contribution in [3.8, 4) is 17.2 Å². The number of benzene rings is 4. The maximum absolute atomic E-state index is 13.8. The molecule has 2 unspecified atom stereocenters. The third-order valence-corrected chi connectivity index (χ3v) is 8.74. The van der Waals surface area contributed by atoms with Crippen LogP contribution in [0.15, 0.2) is 84.9 Å². The van der Waals surface area contributed by atoms with Crippen LogP contribution < -0.4 is 9.47 Å². The van der Waals surface area contributed by atoms with Gasteiger partial charge in [-0.3, -0.25) is 4.90 Å². The summed E-state index contributed by atoms with van der Waals surface area (Å²) in [7, 11) is 6.78. The summed E-state index contributed by atoms with van der Waals surface area (Å²) in [5.41, 5.74) is 8.49. The zero-order chi connectivity index (χ0) is 33.3. The number of ether oxygens (including phenoxy) is 4. The maximum atomic E-state index is 13.8. The van der Waals surface area contributed by atoms with E-state index < -0.39 is 0 Å². The summed E-state index contributed by atoms with van der Waals surface area (Å²) < 4.78 is 34.4. The number of nitrogens with one attached hydrogen (secondary N) is 1. The molecule has 0 amide bonds. The second-order valence-electron chi connectivity index (χ2n) is 11.7. The minimum atomic E-state index is -0.212. The van der Waals surface area contributed by atoms with Crippen molar-refractivity contribution >= 4 is 10.9 Å². The van der Waals surface area contributed by atoms with E-state index in [1.807, 2.05) is 30.3 Å². The Kier molecular flexibility index (Phi) is 11.5. The number of fused-ring (bicyclic) bond motifs is 6. The molecule has 248 valence electrons. The zero-order valence-electron chi connectivity index (χ0n) is 27.9. The number of phenols is 1. The molecule has 7 rings (SSSR count). The van der Waals surface area contributed by atoms with Crippen molar-refractivity contribution in [1.82, 2.24) is 9.88 Å². The normalized spacial score (nSPS) is 16.5. The first-order valence-electron chi connectivity index (χ1n) is 16.0. The largest absolute Gasteiger partial charge is 0.508 e. The van der Waals surface area contributed by atoms with E-state index in [9.17, 15) is 4.39 Å². The fraction of sp³-hybridized carbons (Fsp3) is 0.333. The first-order chi connectivity index (χ1) is 22.9. The van der Waals surface area contributed by atoms with E-state index in [1.165, 1.54) is 27.8 Å². The Morgan fingerprint density at radius 2 is 1.55 bits per heavy atom. The molecule has 2 N–H and O–H groups in total. The van der Waals surface area contributed by atoms with Gasteiger partial charge in [0, 0.05) is 50.0 Å². The Morgan fingerprint density at radius 1 is 0.851 bits per heavy atom. The quantitative estimate of drug-likeness (QED) is 0.187. The molecule has 0 bridgehead atoms. The van der Waals surface area contributed by atoms with E-state index in [0.717, 1.165) is 60.6 Å². The molecule has 0 fully saturated rings. The van der Waals surface area contributed by atoms with E-state index in [2.05, 4.69) is 47.1 Å². The summed E-state index contributed by atoms with van der Waals surface area (Å²) in [6, 6.07) is 26.8. The van der Waals surface area contributed by atoms with Crippen LogP contribution in [0.25, 0.3) is 10.9 Å². The molecule has 7 nitrogen and oxygen atoms in total. The van der Waals surface area contributed by atoms with Crippen LogP contribution >= 0.6 is 0 Å². The lowest BCUT2D eigenvalue weighted by Crippen LogP contribution is -2.43. The summed E-state index contributed by atoms with van der Waals surface area (Å²) in [5, 5.41) is 10.1. The van der Waals surface area contributed by atoms with Crippen molar-refractivity contribution in [3.05, 3.63) is 124 Å². The predicted molar refractivity (Wildman–Crippen MR) is 184 cm³/mol. The zero-order valence-corrected chi connectivity index (χ0v) is 27.9. The van der Waals surface area contributed by atoms with Gasteiger partial charge < -0.3 is 29.0 Å². The van der Waals surface area contributed by atoms with Crippen LogP contribution in [0.1, 0.15) is 58.9 Å². The Hall–Kier alpha value is -4.37. The molecule has 0 saturated heterocycles. The average Bonchev–Trinajstić information content (AvgIpc) is 3.47. The third-order valence-electron chi connectivity index (χ3n) is 8.74. The standard InChI is InChI=1S/C27H25FN2O2.C8H10O2.C4H10O/c1-31-19-8-5-16-11-12-30-25(21(16)13-19)15-23-22-14-20(32-2)9-10-24(22)29-26(23)27(30)17-3-6-18(28)7-4-17;1-10-6-7-2-4-8(9)5-3-7;1-3-4-5-2/h3-10,13-14,25,27,29H,11-12,15H2,1-2H3;2-5,9H,6H2,1H3;3-4H2,1-2H3. The Balaban J connectivity index is 0.000000241. The number of halogens is 1. The summed E-state index contributed by atoms with van der Waals surface area (Å²) >= 11 is 0. The van der Waals surface area contributed by atoms with Gasteiger partial charge in [-0.25, -0.2) is 4.39 Å². The van der Waals surface area contributed by atoms with Crippen LogP contribution in [0.3, 0.4) is 0 Å². The van der Waals surface area contributed by atoms with E-state index >= 15 is 0 Å². The second kappa shape index (κ2) is 16.0. The van der Waals surface area contributed by atoms with Gasteiger partial charge in [-0.05, 0) is 102 Å². The van der Waals surface area contributed by atoms with Gasteiger partial charge in [0.1, 0.15) is 23.1 Å². The summed E-state index contributed by atoms with van der Waals surface area (Å²) in [5.74, 6) is 1.82. The maximum Gasteiger partial charge on any atom is 0.123 e. The van der Waals surface area contributed by atoms with E-state index in [4.69, 9.17) is 24.1 Å². The molecule has 8 heteroatoms. The van der Waals surface area contributed by atoms with Crippen LogP contribution in [0.2, 0.25) is 0 Å². The highest BCUT2D eigenvalue weighted by molar-refractivity contribution is 5.87. The molecular formula is C39H45FN2O5. The lowest BCUT2D eigenvalue weighted by atomic mass is 9.81. The Morgan fingerprint density at radius 3 is 2.19 bits per heavy atom. The van der Waals surface area contributed by atoms with E-state index in [-0.39, 0.29) is 17.9 Å². The number of hydrogen-bond acceptors (Lipinski definition) is 6. The molecule has 2 atom stereocenters. The van der Waals surface area contributed by atoms with Crippen LogP contribution in [0.5, 0.6) is 17.2 Å². The number of aromatic amines is 1. The Bertz CT molecular complexity index is 1730. The fourth-order valence-corrected chi connectivity index (χ4v) is 6.51. The minimum absolute atomic E-state index is 0.0297. The number of rotatable bonds is 7. The van der Waals surface area contributed by atoms with Gasteiger partial charge in [0.2, 0.25) is 0 Å². The molecule has 1 aromatic heterocycles. The summed E-state index contributed by atoms with van der Waals surface area (Å²) in [6.45, 7) is 4.52. The second-order valence-corrected chi connectivity index (χ2v) is 11.7. The first-order valence-corrected chi connectivity index (χ1v) is 16.0. The molecule has 2 aliphatic rings. The van der Waals surface area contributed by atoms with Gasteiger partial charge in [0.15, 0.2) is 0 Å². The highest BCUT2D eigenvalue weighted by Gasteiger charge is 2.41. The summed E-state index contributed by atoms with van der Waals surface area (Å²) in [4.78, 5) is 6.25.